The van der Waals surface area contributed by atoms with Crippen LogP contribution >= 0.6 is 0 Å². The summed E-state index contributed by atoms with van der Waals surface area (Å²) in [5, 5.41) is 0. The normalized spacial score (nSPS) is 16.1. The van der Waals surface area contributed by atoms with Crippen LogP contribution in [0.5, 0.6) is 23.0 Å². The molecule has 0 aliphatic carbocycles. The highest BCUT2D eigenvalue weighted by Crippen LogP contribution is 2.42. The predicted octanol–water partition coefficient (Wildman–Crippen LogP) is 4.81. The fraction of sp³-hybridized carbons (Fsp3) is 0.192. The molecule has 0 aromatic heterocycles. The third kappa shape index (κ3) is 4.03. The molecular formula is C26H22FNO5. The highest BCUT2D eigenvalue weighted by atomic mass is 19.1. The minimum absolute atomic E-state index is 0.168. The molecule has 0 amide bonds. The molecule has 33 heavy (non-hydrogen) atoms. The van der Waals surface area contributed by atoms with Crippen molar-refractivity contribution in [2.24, 2.45) is 0 Å². The molecule has 0 saturated carbocycles. The second kappa shape index (κ2) is 8.60. The van der Waals surface area contributed by atoms with Crippen molar-refractivity contribution in [1.29, 1.82) is 0 Å². The van der Waals surface area contributed by atoms with Gasteiger partial charge < -0.3 is 18.9 Å². The van der Waals surface area contributed by atoms with Gasteiger partial charge in [0.1, 0.15) is 24.0 Å². The number of carbonyl (C=O) groups is 1. The van der Waals surface area contributed by atoms with Crippen LogP contribution in [0.4, 0.5) is 4.39 Å². The van der Waals surface area contributed by atoms with Crippen LogP contribution in [0.15, 0.2) is 60.4 Å². The van der Waals surface area contributed by atoms with E-state index in [0.29, 0.717) is 53.9 Å². The number of hydrogen-bond acceptors (Lipinski definition) is 6. The highest BCUT2D eigenvalue weighted by molar-refractivity contribution is 6.15. The van der Waals surface area contributed by atoms with E-state index in [1.807, 2.05) is 18.2 Å². The molecule has 0 atom stereocenters. The van der Waals surface area contributed by atoms with E-state index in [0.717, 1.165) is 11.1 Å². The fourth-order valence-corrected chi connectivity index (χ4v) is 4.09. The van der Waals surface area contributed by atoms with Gasteiger partial charge in [-0.15, -0.1) is 0 Å². The van der Waals surface area contributed by atoms with Crippen molar-refractivity contribution in [1.82, 2.24) is 4.90 Å². The van der Waals surface area contributed by atoms with Gasteiger partial charge in [0.25, 0.3) is 0 Å². The maximum absolute atomic E-state index is 13.5. The summed E-state index contributed by atoms with van der Waals surface area (Å²) in [7, 11) is 3.21. The van der Waals surface area contributed by atoms with Crippen LogP contribution in [-0.2, 0) is 13.1 Å². The number of benzene rings is 3. The number of rotatable bonds is 5. The van der Waals surface area contributed by atoms with Crippen LogP contribution in [0, 0.1) is 5.82 Å². The molecular weight excluding hydrogens is 425 g/mol. The van der Waals surface area contributed by atoms with Crippen LogP contribution in [-0.4, -0.2) is 31.6 Å². The number of methoxy groups -OCH3 is 2. The zero-order valence-electron chi connectivity index (χ0n) is 18.3. The van der Waals surface area contributed by atoms with Gasteiger partial charge in [-0.1, -0.05) is 18.2 Å². The lowest BCUT2D eigenvalue weighted by Gasteiger charge is -2.29. The van der Waals surface area contributed by atoms with Gasteiger partial charge in [0.15, 0.2) is 17.3 Å². The molecule has 0 saturated heterocycles. The maximum atomic E-state index is 13.5. The smallest absolute Gasteiger partial charge is 0.231 e. The summed E-state index contributed by atoms with van der Waals surface area (Å²) in [6, 6.07) is 15.3. The summed E-state index contributed by atoms with van der Waals surface area (Å²) in [4.78, 5) is 15.0. The molecule has 0 radical (unpaired) electrons. The highest BCUT2D eigenvalue weighted by Gasteiger charge is 2.33. The molecule has 2 aliphatic rings. The van der Waals surface area contributed by atoms with Gasteiger partial charge in [-0.2, -0.15) is 0 Å². The Morgan fingerprint density at radius 1 is 1.06 bits per heavy atom. The number of fused-ring (bicyclic) bond motifs is 3. The first-order valence-corrected chi connectivity index (χ1v) is 10.5. The molecule has 0 spiro atoms. The number of allylic oxidation sites excluding steroid dienone is 1. The molecule has 2 aliphatic heterocycles. The summed E-state index contributed by atoms with van der Waals surface area (Å²) in [5.41, 5.74) is 2.89. The van der Waals surface area contributed by atoms with Crippen LogP contribution in [0.25, 0.3) is 6.08 Å². The van der Waals surface area contributed by atoms with Gasteiger partial charge in [-0.3, -0.25) is 9.69 Å². The Hall–Kier alpha value is -3.84. The van der Waals surface area contributed by atoms with Crippen molar-refractivity contribution in [2.75, 3.05) is 21.0 Å². The number of carbonyl (C=O) groups excluding carboxylic acids is 1. The van der Waals surface area contributed by atoms with Gasteiger partial charge in [-0.25, -0.2) is 4.39 Å². The largest absolute Gasteiger partial charge is 0.493 e. The first-order valence-electron chi connectivity index (χ1n) is 10.5. The molecule has 0 fully saturated rings. The van der Waals surface area contributed by atoms with Crippen molar-refractivity contribution < 1.29 is 28.1 Å². The summed E-state index contributed by atoms with van der Waals surface area (Å²) in [6.45, 7) is 1.57. The van der Waals surface area contributed by atoms with Crippen molar-refractivity contribution in [2.45, 2.75) is 13.1 Å². The van der Waals surface area contributed by atoms with E-state index in [9.17, 15) is 9.18 Å². The molecule has 0 N–H and O–H groups in total. The van der Waals surface area contributed by atoms with Gasteiger partial charge in [0.2, 0.25) is 5.78 Å². The predicted molar refractivity (Wildman–Crippen MR) is 120 cm³/mol. The van der Waals surface area contributed by atoms with Crippen LogP contribution < -0.4 is 18.9 Å². The lowest BCUT2D eigenvalue weighted by atomic mass is 10.0. The molecule has 2 heterocycles. The summed E-state index contributed by atoms with van der Waals surface area (Å²) in [5.74, 6) is 2.09. The first kappa shape index (κ1) is 21.0. The fourth-order valence-electron chi connectivity index (χ4n) is 4.09. The number of hydrogen-bond donors (Lipinski definition) is 0. The molecule has 5 rings (SSSR count). The van der Waals surface area contributed by atoms with E-state index in [-0.39, 0.29) is 17.4 Å². The lowest BCUT2D eigenvalue weighted by molar-refractivity contribution is 0.0872. The third-order valence-electron chi connectivity index (χ3n) is 5.68. The van der Waals surface area contributed by atoms with Crippen LogP contribution in [0.1, 0.15) is 27.0 Å². The molecule has 3 aromatic carbocycles. The van der Waals surface area contributed by atoms with Crippen LogP contribution in [0.3, 0.4) is 0 Å². The first-order chi connectivity index (χ1) is 16.1. The molecule has 7 heteroatoms. The van der Waals surface area contributed by atoms with E-state index < -0.39 is 0 Å². The van der Waals surface area contributed by atoms with Gasteiger partial charge in [0.05, 0.1) is 25.3 Å². The van der Waals surface area contributed by atoms with E-state index in [1.165, 1.54) is 12.1 Å². The number of ketones is 1. The summed E-state index contributed by atoms with van der Waals surface area (Å²) in [6.07, 6.45) is 1.56. The standard InChI is InChI=1S/C26H22FNO5/c1-30-22-8-6-17(12-23(22)31-2)13-28-14-20-21(32-15-28)9-7-19-25(29)24(33-26(19)20)11-16-4-3-5-18(27)10-16/h3-12H,13-15H2,1-2H3/b24-11-. The van der Waals surface area contributed by atoms with Gasteiger partial charge >= 0.3 is 0 Å². The average molecular weight is 447 g/mol. The molecule has 0 unspecified atom stereocenters. The van der Waals surface area contributed by atoms with E-state index in [1.54, 1.807) is 44.6 Å². The monoisotopic (exact) mass is 447 g/mol. The van der Waals surface area contributed by atoms with Gasteiger partial charge in [0, 0.05) is 13.1 Å². The number of ether oxygens (including phenoxy) is 4. The van der Waals surface area contributed by atoms with E-state index >= 15 is 0 Å². The number of halogens is 1. The Kier molecular flexibility index (Phi) is 5.48. The molecule has 0 bridgehead atoms. The van der Waals surface area contributed by atoms with Crippen molar-refractivity contribution in [3.8, 4) is 23.0 Å². The van der Waals surface area contributed by atoms with E-state index in [2.05, 4.69) is 4.90 Å². The van der Waals surface area contributed by atoms with Crippen molar-refractivity contribution in [3.63, 3.8) is 0 Å². The molecule has 3 aromatic rings. The van der Waals surface area contributed by atoms with E-state index in [4.69, 9.17) is 18.9 Å². The summed E-state index contributed by atoms with van der Waals surface area (Å²) < 4.78 is 36.2. The third-order valence-corrected chi connectivity index (χ3v) is 5.68. The zero-order valence-corrected chi connectivity index (χ0v) is 18.3. The second-order valence-corrected chi connectivity index (χ2v) is 7.86. The Morgan fingerprint density at radius 3 is 2.70 bits per heavy atom. The molecule has 168 valence electrons. The second-order valence-electron chi connectivity index (χ2n) is 7.86. The number of Topliss-reactive ketones (excluding diaryl/α,β-unsaturated/α-hetero) is 1. The Morgan fingerprint density at radius 2 is 1.91 bits per heavy atom. The minimum atomic E-state index is -0.371. The lowest BCUT2D eigenvalue weighted by Crippen LogP contribution is -2.31. The Labute approximate surface area is 190 Å². The Bertz CT molecular complexity index is 1270. The van der Waals surface area contributed by atoms with Crippen molar-refractivity contribution >= 4 is 11.9 Å². The van der Waals surface area contributed by atoms with Crippen molar-refractivity contribution in [3.05, 3.63) is 88.4 Å². The Balaban J connectivity index is 1.40. The molecule has 6 nitrogen and oxygen atoms in total. The van der Waals surface area contributed by atoms with Crippen LogP contribution in [0.2, 0.25) is 0 Å². The summed E-state index contributed by atoms with van der Waals surface area (Å²) >= 11 is 0. The topological polar surface area (TPSA) is 57.2 Å². The van der Waals surface area contributed by atoms with Gasteiger partial charge in [-0.05, 0) is 53.6 Å². The average Bonchev–Trinajstić information content (AvgIpc) is 3.14. The number of nitrogens with zero attached hydrogens (tertiary/aromatic N) is 1. The quantitative estimate of drug-likeness (QED) is 0.523. The minimum Gasteiger partial charge on any atom is -0.493 e. The maximum Gasteiger partial charge on any atom is 0.231 e. The zero-order chi connectivity index (χ0) is 22.9. The SMILES string of the molecule is COc1ccc(CN2COc3ccc4c(c3C2)O/C(=C\c2cccc(F)c2)C4=O)cc1OC.